The quantitative estimate of drug-likeness (QED) is 0.0271. The lowest BCUT2D eigenvalue weighted by molar-refractivity contribution is -0.329. The maximum atomic E-state index is 12.2. The van der Waals surface area contributed by atoms with Gasteiger partial charge in [0.2, 0.25) is 0 Å². The molecule has 6 rings (SSSR count). The minimum Gasteiger partial charge on any atom is -0.394 e. The lowest BCUT2D eigenvalue weighted by Crippen LogP contribution is -2.62. The lowest BCUT2D eigenvalue weighted by atomic mass is 9.77. The Morgan fingerprint density at radius 3 is 0.820 bits per heavy atom. The molecule has 0 saturated carbocycles. The first-order valence-corrected chi connectivity index (χ1v) is 28.9. The van der Waals surface area contributed by atoms with Gasteiger partial charge in [-0.2, -0.15) is 0 Å². The second kappa shape index (κ2) is 34.9. The van der Waals surface area contributed by atoms with E-state index in [1.54, 1.807) is 0 Å². The second-order valence-corrected chi connectivity index (χ2v) is 23.4. The Balaban J connectivity index is 1.39. The molecular weight excluding hydrogens is 1220 g/mol. The van der Waals surface area contributed by atoms with Crippen LogP contribution in [0, 0.1) is 10.8 Å². The fraction of sp³-hybridized carbons (Fsp3) is 1.00. The molecule has 0 aliphatic carbocycles. The highest BCUT2D eigenvalue weighted by molar-refractivity contribution is 4.99. The molecule has 0 aromatic carbocycles. The van der Waals surface area contributed by atoms with E-state index in [0.29, 0.717) is 0 Å². The van der Waals surface area contributed by atoms with Crippen molar-refractivity contribution in [3.8, 4) is 0 Å². The molecule has 6 heterocycles. The number of aliphatic hydroxyl groups is 23. The van der Waals surface area contributed by atoms with Crippen molar-refractivity contribution in [3.63, 3.8) is 0 Å². The predicted molar refractivity (Wildman–Crippen MR) is 278 cm³/mol. The molecule has 39 heteroatoms. The van der Waals surface area contributed by atoms with Crippen molar-refractivity contribution in [2.24, 2.45) is 10.8 Å². The summed E-state index contributed by atoms with van der Waals surface area (Å²) in [5.74, 6) is 0. The molecule has 524 valence electrons. The van der Waals surface area contributed by atoms with Crippen LogP contribution in [0.15, 0.2) is 0 Å². The second-order valence-electron chi connectivity index (χ2n) is 23.4. The monoisotopic (exact) mass is 1310 g/mol. The van der Waals surface area contributed by atoms with Crippen LogP contribution in [0.25, 0.3) is 0 Å². The highest BCUT2D eigenvalue weighted by Crippen LogP contribution is 2.38. The number of nitrogens with one attached hydrogen (secondary N) is 2. The van der Waals surface area contributed by atoms with Gasteiger partial charge in [-0.3, -0.25) is 0 Å². The molecule has 0 amide bonds. The van der Waals surface area contributed by atoms with Crippen LogP contribution in [-0.4, -0.2) is 397 Å². The van der Waals surface area contributed by atoms with Crippen LogP contribution in [0.1, 0.15) is 32.1 Å². The van der Waals surface area contributed by atoms with E-state index < -0.39 is 312 Å². The van der Waals surface area contributed by atoms with Gasteiger partial charge in [0.05, 0.1) is 108 Å². The van der Waals surface area contributed by atoms with Crippen LogP contribution in [0.3, 0.4) is 0 Å². The molecule has 27 N–H and O–H groups in total. The third-order valence-electron chi connectivity index (χ3n) is 17.1. The van der Waals surface area contributed by atoms with Crippen molar-refractivity contribution in [1.82, 2.24) is 11.0 Å². The number of ether oxygens (including phenoxy) is 12. The summed E-state index contributed by atoms with van der Waals surface area (Å²) in [4.78, 5) is 0. The molecule has 0 aromatic rings. The highest BCUT2D eigenvalue weighted by Gasteiger charge is 2.54. The Hall–Kier alpha value is -1.56. The van der Waals surface area contributed by atoms with Gasteiger partial charge in [0.25, 0.3) is 0 Å². The Labute approximate surface area is 507 Å². The Bertz CT molecular complexity index is 1940. The summed E-state index contributed by atoms with van der Waals surface area (Å²) in [5.41, 5.74) is -0.384. The van der Waals surface area contributed by atoms with Gasteiger partial charge >= 0.3 is 0 Å². The van der Waals surface area contributed by atoms with Gasteiger partial charge in [-0.1, -0.05) is 0 Å². The van der Waals surface area contributed by atoms with Crippen molar-refractivity contribution in [3.05, 3.63) is 0 Å². The topological polar surface area (TPSA) is 641 Å². The lowest BCUT2D eigenvalue weighted by Gasteiger charge is -2.46. The van der Waals surface area contributed by atoms with Crippen molar-refractivity contribution in [1.29, 1.82) is 0 Å². The largest absolute Gasteiger partial charge is 0.394 e. The molecule has 31 atom stereocenters. The molecule has 31 unspecified atom stereocenters. The predicted octanol–water partition coefficient (Wildman–Crippen LogP) is -14.9. The van der Waals surface area contributed by atoms with E-state index in [2.05, 4.69) is 0 Å². The van der Waals surface area contributed by atoms with Gasteiger partial charge < -0.3 is 185 Å². The minimum absolute atomic E-state index is 0.437. The molecule has 6 fully saturated rings. The van der Waals surface area contributed by atoms with Crippen LogP contribution in [0.4, 0.5) is 0 Å². The van der Waals surface area contributed by atoms with E-state index >= 15 is 0 Å². The summed E-state index contributed by atoms with van der Waals surface area (Å²) in [6.45, 7) is -11.1. The van der Waals surface area contributed by atoms with Crippen LogP contribution in [0.5, 0.6) is 0 Å². The molecule has 6 saturated heterocycles. The van der Waals surface area contributed by atoms with Crippen LogP contribution < -0.4 is 11.0 Å². The average molecular weight is 1310 g/mol. The summed E-state index contributed by atoms with van der Waals surface area (Å²) in [6, 6.07) is -3.45. The first kappa shape index (κ1) is 76.5. The SMILES string of the molecule is OCC1OC(OCC(COC2OC(CO)C(O)C(O)C2O)(COC2OC(CO)C(O)C(O)C2O)C(CCC(O)CC(NO)C(COC2OC(CO)C(O)CC2O)(COC2OC(CO)C(O)C(O)C2O)COC2OC(CO)C(O)C(O)C2O)NO)C(O)CC1O. The molecule has 6 aliphatic rings. The smallest absolute Gasteiger partial charge is 0.186 e. The van der Waals surface area contributed by atoms with Gasteiger partial charge in [-0.05, 0) is 19.3 Å². The summed E-state index contributed by atoms with van der Waals surface area (Å²) in [6.07, 6.45) is -55.2. The van der Waals surface area contributed by atoms with Gasteiger partial charge in [-0.25, -0.2) is 11.0 Å². The maximum Gasteiger partial charge on any atom is 0.186 e. The maximum absolute atomic E-state index is 12.2. The van der Waals surface area contributed by atoms with E-state index in [0.717, 1.165) is 0 Å². The Kier molecular flexibility index (Phi) is 30.0. The molecular formula is C50H92N2O37. The van der Waals surface area contributed by atoms with Crippen molar-refractivity contribution in [2.75, 3.05) is 79.3 Å². The van der Waals surface area contributed by atoms with E-state index in [-0.39, 0.29) is 0 Å². The first-order valence-electron chi connectivity index (χ1n) is 28.9. The standard InChI is InChI=1S/C50H92N2O37/c53-6-23-19(60)4-21(62)43(84-23)78-12-49(13-80-45-39(72)35(68)31(64)25(8-55)86-45,14-81-46-40(73)36(69)32(65)26(9-56)87-46)29(51-76)2-1-18(59)3-30(52-77)50(15-79-44-22(63)5-20(61)24(7-54)85-44,16-82-47-41(74)37(70)33(66)27(10-57)88-47)17-83-48-42(75)38(71)34(67)28(11-58)89-48/h18-48,51-77H,1-17H2. The van der Waals surface area contributed by atoms with Crippen molar-refractivity contribution in [2.45, 2.75) is 222 Å². The number of hydrogen-bond acceptors (Lipinski definition) is 39. The number of rotatable bonds is 33. The summed E-state index contributed by atoms with van der Waals surface area (Å²) in [7, 11) is 0. The normalized spacial score (nSPS) is 44.1. The van der Waals surface area contributed by atoms with Crippen molar-refractivity contribution < 1.29 is 185 Å². The molecule has 0 radical (unpaired) electrons. The van der Waals surface area contributed by atoms with E-state index in [1.807, 2.05) is 11.0 Å². The van der Waals surface area contributed by atoms with Gasteiger partial charge in [0.15, 0.2) is 37.7 Å². The van der Waals surface area contributed by atoms with Crippen LogP contribution in [-0.2, 0) is 56.8 Å². The molecule has 0 spiro atoms. The van der Waals surface area contributed by atoms with E-state index in [4.69, 9.17) is 56.8 Å². The third-order valence-corrected chi connectivity index (χ3v) is 17.1. The molecule has 0 aromatic heterocycles. The Morgan fingerprint density at radius 1 is 0.315 bits per heavy atom. The van der Waals surface area contributed by atoms with Crippen molar-refractivity contribution >= 4 is 0 Å². The number of hydrogen-bond donors (Lipinski definition) is 27. The third kappa shape index (κ3) is 18.3. The zero-order chi connectivity index (χ0) is 65.8. The molecule has 0 bridgehead atoms. The van der Waals surface area contributed by atoms with E-state index in [9.17, 15) is 128 Å². The Morgan fingerprint density at radius 2 is 0.562 bits per heavy atom. The molecule has 39 nitrogen and oxygen atoms in total. The van der Waals surface area contributed by atoms with Crippen LogP contribution >= 0.6 is 0 Å². The van der Waals surface area contributed by atoms with Gasteiger partial charge in [0, 0.05) is 24.9 Å². The molecule has 6 aliphatic heterocycles. The fourth-order valence-electron chi connectivity index (χ4n) is 11.2. The first-order chi connectivity index (χ1) is 42.2. The number of hydroxylamine groups is 2. The summed E-state index contributed by atoms with van der Waals surface area (Å²) >= 11 is 0. The summed E-state index contributed by atoms with van der Waals surface area (Å²) < 4.78 is 69.6. The number of aliphatic hydroxyl groups excluding tert-OH is 23. The van der Waals surface area contributed by atoms with Crippen LogP contribution in [0.2, 0.25) is 0 Å². The highest BCUT2D eigenvalue weighted by atomic mass is 16.7. The van der Waals surface area contributed by atoms with Gasteiger partial charge in [0.1, 0.15) is 122 Å². The zero-order valence-electron chi connectivity index (χ0n) is 48.0. The average Bonchev–Trinajstić information content (AvgIpc) is 1.33. The van der Waals surface area contributed by atoms with E-state index in [1.165, 1.54) is 0 Å². The zero-order valence-corrected chi connectivity index (χ0v) is 48.0. The fourth-order valence-corrected chi connectivity index (χ4v) is 11.2. The van der Waals surface area contributed by atoms with Gasteiger partial charge in [-0.15, -0.1) is 0 Å². The minimum atomic E-state index is -2.23. The molecule has 89 heavy (non-hydrogen) atoms. The summed E-state index contributed by atoms with van der Waals surface area (Å²) in [5, 5.41) is 267.